The molecule has 0 unspecified atom stereocenters. The molecule has 0 aliphatic carbocycles. The van der Waals surface area contributed by atoms with E-state index in [1.165, 1.54) is 0 Å². The number of carbonyl (C=O) groups excluding carboxylic acids is 2. The van der Waals surface area contributed by atoms with Crippen LogP contribution in [0.25, 0.3) is 17.1 Å². The predicted octanol–water partition coefficient (Wildman–Crippen LogP) is -0.0645. The standard InChI is InChI=1S/C15H10N6O4/c16-11-10-7(12(23)18-13(10)24)5-9(22)21(11)8-4-2-1-3-6(8)14-19-20-15(17)25-14/h1-5H,16H2,(H2,17,20)(H,18,23,24). The Kier molecular flexibility index (Phi) is 2.94. The number of imide groups is 1. The number of benzene rings is 1. The van der Waals surface area contributed by atoms with Gasteiger partial charge >= 0.3 is 6.01 Å². The zero-order valence-corrected chi connectivity index (χ0v) is 12.5. The molecule has 5 N–H and O–H groups in total. The summed E-state index contributed by atoms with van der Waals surface area (Å²) in [5, 5.41) is 9.50. The number of nitrogens with zero attached hydrogens (tertiary/aromatic N) is 3. The lowest BCUT2D eigenvalue weighted by molar-refractivity contribution is 0.0880. The Hall–Kier alpha value is -3.95. The summed E-state index contributed by atoms with van der Waals surface area (Å²) in [5.74, 6) is -1.40. The van der Waals surface area contributed by atoms with E-state index >= 15 is 0 Å². The maximum atomic E-state index is 12.5. The second kappa shape index (κ2) is 5.03. The van der Waals surface area contributed by atoms with E-state index in [0.717, 1.165) is 10.6 Å². The molecule has 1 aliphatic rings. The van der Waals surface area contributed by atoms with Gasteiger partial charge in [-0.05, 0) is 12.1 Å². The smallest absolute Gasteiger partial charge is 0.313 e. The molecular weight excluding hydrogens is 328 g/mol. The van der Waals surface area contributed by atoms with Crippen molar-refractivity contribution in [3.63, 3.8) is 0 Å². The van der Waals surface area contributed by atoms with E-state index in [2.05, 4.69) is 15.5 Å². The summed E-state index contributed by atoms with van der Waals surface area (Å²) in [6.07, 6.45) is 0. The Morgan fingerprint density at radius 2 is 1.76 bits per heavy atom. The zero-order valence-electron chi connectivity index (χ0n) is 12.5. The van der Waals surface area contributed by atoms with Gasteiger partial charge in [0, 0.05) is 6.07 Å². The molecule has 4 rings (SSSR count). The summed E-state index contributed by atoms with van der Waals surface area (Å²) < 4.78 is 6.31. The molecule has 0 spiro atoms. The third kappa shape index (κ3) is 2.08. The molecule has 10 nitrogen and oxygen atoms in total. The number of pyridine rings is 1. The summed E-state index contributed by atoms with van der Waals surface area (Å²) in [7, 11) is 0. The van der Waals surface area contributed by atoms with Crippen LogP contribution in [0.1, 0.15) is 20.7 Å². The Balaban J connectivity index is 2.02. The van der Waals surface area contributed by atoms with Crippen molar-refractivity contribution in [1.82, 2.24) is 20.1 Å². The first-order valence-electron chi connectivity index (χ1n) is 7.07. The number of para-hydroxylation sites is 1. The molecule has 124 valence electrons. The molecule has 3 heterocycles. The minimum Gasteiger partial charge on any atom is -0.403 e. The van der Waals surface area contributed by atoms with Gasteiger partial charge in [0.2, 0.25) is 0 Å². The van der Waals surface area contributed by atoms with Gasteiger partial charge in [-0.2, -0.15) is 0 Å². The highest BCUT2D eigenvalue weighted by atomic mass is 16.4. The highest BCUT2D eigenvalue weighted by Gasteiger charge is 2.32. The van der Waals surface area contributed by atoms with Crippen molar-refractivity contribution in [3.8, 4) is 17.1 Å². The van der Waals surface area contributed by atoms with Crippen LogP contribution >= 0.6 is 0 Å². The third-order valence-corrected chi connectivity index (χ3v) is 3.77. The van der Waals surface area contributed by atoms with Gasteiger partial charge in [0.15, 0.2) is 0 Å². The average molecular weight is 338 g/mol. The van der Waals surface area contributed by atoms with Gasteiger partial charge in [-0.15, -0.1) is 5.10 Å². The normalized spacial score (nSPS) is 13.0. The first-order valence-corrected chi connectivity index (χ1v) is 7.07. The number of hydrogen-bond donors (Lipinski definition) is 3. The number of rotatable bonds is 2. The fraction of sp³-hybridized carbons (Fsp3) is 0. The zero-order chi connectivity index (χ0) is 17.7. The van der Waals surface area contributed by atoms with Crippen LogP contribution in [0.2, 0.25) is 0 Å². The van der Waals surface area contributed by atoms with E-state index in [-0.39, 0.29) is 28.9 Å². The Bertz CT molecular complexity index is 1110. The quantitative estimate of drug-likeness (QED) is 0.548. The van der Waals surface area contributed by atoms with Crippen molar-refractivity contribution in [3.05, 3.63) is 51.8 Å². The minimum atomic E-state index is -0.661. The Morgan fingerprint density at radius 1 is 1.00 bits per heavy atom. The highest BCUT2D eigenvalue weighted by molar-refractivity contribution is 6.23. The maximum Gasteiger partial charge on any atom is 0.313 e. The number of nitrogens with one attached hydrogen (secondary N) is 1. The monoisotopic (exact) mass is 338 g/mol. The van der Waals surface area contributed by atoms with Crippen LogP contribution in [0.4, 0.5) is 11.8 Å². The van der Waals surface area contributed by atoms with Crippen molar-refractivity contribution < 1.29 is 14.0 Å². The van der Waals surface area contributed by atoms with Crippen LogP contribution in [-0.2, 0) is 0 Å². The molecule has 0 saturated carbocycles. The van der Waals surface area contributed by atoms with E-state index in [1.54, 1.807) is 24.3 Å². The molecule has 2 amide bonds. The van der Waals surface area contributed by atoms with E-state index in [0.29, 0.717) is 11.3 Å². The molecule has 0 saturated heterocycles. The molecule has 1 aliphatic heterocycles. The average Bonchev–Trinajstić information content (AvgIpc) is 3.12. The summed E-state index contributed by atoms with van der Waals surface area (Å²) in [6.45, 7) is 0. The molecule has 0 fully saturated rings. The SMILES string of the molecule is Nc1nnc(-c2ccccc2-n2c(N)c3c(cc2=O)C(=O)NC3=O)o1. The van der Waals surface area contributed by atoms with Gasteiger partial charge in [-0.1, -0.05) is 17.2 Å². The number of aromatic nitrogens is 3. The Labute approximate surface area is 139 Å². The molecule has 0 radical (unpaired) electrons. The lowest BCUT2D eigenvalue weighted by Crippen LogP contribution is -2.24. The first kappa shape index (κ1) is 14.6. The summed E-state index contributed by atoms with van der Waals surface area (Å²) in [4.78, 5) is 36.2. The molecule has 25 heavy (non-hydrogen) atoms. The minimum absolute atomic E-state index is 0.0514. The van der Waals surface area contributed by atoms with E-state index in [1.807, 2.05) is 0 Å². The third-order valence-electron chi connectivity index (χ3n) is 3.77. The van der Waals surface area contributed by atoms with E-state index < -0.39 is 17.4 Å². The molecule has 3 aromatic rings. The molecule has 0 bridgehead atoms. The number of hydrogen-bond acceptors (Lipinski definition) is 8. The van der Waals surface area contributed by atoms with Crippen molar-refractivity contribution in [2.75, 3.05) is 11.5 Å². The van der Waals surface area contributed by atoms with Gasteiger partial charge in [-0.3, -0.25) is 24.3 Å². The molecule has 1 aromatic carbocycles. The number of amides is 2. The second-order valence-corrected chi connectivity index (χ2v) is 5.24. The van der Waals surface area contributed by atoms with Crippen LogP contribution in [0.5, 0.6) is 0 Å². The lowest BCUT2D eigenvalue weighted by Gasteiger charge is -2.14. The van der Waals surface area contributed by atoms with Crippen LogP contribution in [0.15, 0.2) is 39.5 Å². The summed E-state index contributed by atoms with van der Waals surface area (Å²) in [6, 6.07) is 7.52. The van der Waals surface area contributed by atoms with Crippen molar-refractivity contribution in [1.29, 1.82) is 0 Å². The van der Waals surface area contributed by atoms with Crippen molar-refractivity contribution >= 4 is 23.6 Å². The number of carbonyl (C=O) groups is 2. The van der Waals surface area contributed by atoms with Crippen LogP contribution in [0, 0.1) is 0 Å². The lowest BCUT2D eigenvalue weighted by atomic mass is 10.1. The largest absolute Gasteiger partial charge is 0.403 e. The van der Waals surface area contributed by atoms with E-state index in [9.17, 15) is 14.4 Å². The van der Waals surface area contributed by atoms with Crippen LogP contribution in [-0.4, -0.2) is 26.6 Å². The van der Waals surface area contributed by atoms with Crippen LogP contribution in [0.3, 0.4) is 0 Å². The summed E-state index contributed by atoms with van der Waals surface area (Å²) >= 11 is 0. The van der Waals surface area contributed by atoms with E-state index in [4.69, 9.17) is 15.9 Å². The molecular formula is C15H10N6O4. The topological polar surface area (TPSA) is 159 Å². The Morgan fingerprint density at radius 3 is 2.48 bits per heavy atom. The predicted molar refractivity (Wildman–Crippen MR) is 86.0 cm³/mol. The first-order chi connectivity index (χ1) is 12.0. The number of nitrogens with two attached hydrogens (primary N) is 2. The second-order valence-electron chi connectivity index (χ2n) is 5.24. The van der Waals surface area contributed by atoms with Crippen LogP contribution < -0.4 is 22.3 Å². The fourth-order valence-electron chi connectivity index (χ4n) is 2.72. The molecule has 10 heteroatoms. The maximum absolute atomic E-state index is 12.5. The highest BCUT2D eigenvalue weighted by Crippen LogP contribution is 2.29. The number of nitrogen functional groups attached to an aromatic ring is 2. The van der Waals surface area contributed by atoms with Gasteiger partial charge in [0.05, 0.1) is 22.4 Å². The fourth-order valence-corrected chi connectivity index (χ4v) is 2.72. The van der Waals surface area contributed by atoms with Gasteiger partial charge < -0.3 is 15.9 Å². The van der Waals surface area contributed by atoms with Crippen molar-refractivity contribution in [2.24, 2.45) is 0 Å². The molecule has 0 atom stereocenters. The molecule has 2 aromatic heterocycles. The number of fused-ring (bicyclic) bond motifs is 1. The summed E-state index contributed by atoms with van der Waals surface area (Å²) in [5.41, 5.74) is 11.5. The van der Waals surface area contributed by atoms with Gasteiger partial charge in [0.1, 0.15) is 5.82 Å². The van der Waals surface area contributed by atoms with Crippen molar-refractivity contribution in [2.45, 2.75) is 0 Å². The van der Waals surface area contributed by atoms with Gasteiger partial charge in [-0.25, -0.2) is 0 Å². The number of anilines is 2. The van der Waals surface area contributed by atoms with Gasteiger partial charge in [0.25, 0.3) is 23.3 Å².